The molecule has 8 heteroatoms. The summed E-state index contributed by atoms with van der Waals surface area (Å²) in [6.45, 7) is 4.34. The third-order valence-electron chi connectivity index (χ3n) is 4.92. The van der Waals surface area contributed by atoms with Crippen molar-refractivity contribution >= 4 is 41.5 Å². The fourth-order valence-corrected chi connectivity index (χ4v) is 3.21. The lowest BCUT2D eigenvalue weighted by Crippen LogP contribution is -2.47. The van der Waals surface area contributed by atoms with E-state index in [2.05, 4.69) is 20.9 Å². The van der Waals surface area contributed by atoms with E-state index in [1.54, 1.807) is 14.2 Å². The van der Waals surface area contributed by atoms with Gasteiger partial charge >= 0.3 is 0 Å². The second kappa shape index (κ2) is 12.8. The molecule has 2 rings (SSSR count). The minimum atomic E-state index is -0.0987. The van der Waals surface area contributed by atoms with Gasteiger partial charge in [-0.1, -0.05) is 12.5 Å². The van der Waals surface area contributed by atoms with Gasteiger partial charge in [-0.15, -0.1) is 24.0 Å². The fraction of sp³-hybridized carbons (Fsp3) is 0.600. The third kappa shape index (κ3) is 8.22. The maximum Gasteiger partial charge on any atom is 0.221 e. The lowest BCUT2D eigenvalue weighted by atomic mass is 9.67. The smallest absolute Gasteiger partial charge is 0.221 e. The van der Waals surface area contributed by atoms with Crippen LogP contribution in [0.15, 0.2) is 29.3 Å². The number of benzene rings is 1. The van der Waals surface area contributed by atoms with Crippen molar-refractivity contribution in [2.75, 3.05) is 45.8 Å². The number of amides is 1. The van der Waals surface area contributed by atoms with Gasteiger partial charge in [0.1, 0.15) is 12.4 Å². The Bertz CT molecular complexity index is 636. The Kier molecular flexibility index (Phi) is 11.2. The van der Waals surface area contributed by atoms with E-state index in [9.17, 15) is 4.79 Å². The fourth-order valence-electron chi connectivity index (χ4n) is 3.21. The number of guanidine groups is 1. The first kappa shape index (κ1) is 24.5. The molecule has 0 aromatic heterocycles. The number of ether oxygens (including phenoxy) is 2. The maximum atomic E-state index is 11.1. The quantitative estimate of drug-likeness (QED) is 0.198. The molecule has 0 heterocycles. The summed E-state index contributed by atoms with van der Waals surface area (Å²) in [5.74, 6) is 1.41. The SMILES string of the molecule is CN=C(NCCOc1cccc(NC(C)=O)c1)NCC1(CCOC)CCC1.I. The van der Waals surface area contributed by atoms with E-state index in [-0.39, 0.29) is 29.9 Å². The van der Waals surface area contributed by atoms with Crippen molar-refractivity contribution in [3.05, 3.63) is 24.3 Å². The second-order valence-corrected chi connectivity index (χ2v) is 7.01. The van der Waals surface area contributed by atoms with Gasteiger partial charge in [-0.25, -0.2) is 0 Å². The van der Waals surface area contributed by atoms with Crippen molar-refractivity contribution in [1.82, 2.24) is 10.6 Å². The van der Waals surface area contributed by atoms with Crippen molar-refractivity contribution in [3.63, 3.8) is 0 Å². The number of rotatable bonds is 10. The molecule has 0 saturated heterocycles. The number of aliphatic imine (C=N–C) groups is 1. The summed E-state index contributed by atoms with van der Waals surface area (Å²) in [5.41, 5.74) is 1.07. The summed E-state index contributed by atoms with van der Waals surface area (Å²) < 4.78 is 11.0. The Morgan fingerprint density at radius 3 is 2.64 bits per heavy atom. The number of nitrogens with zero attached hydrogens (tertiary/aromatic N) is 1. The van der Waals surface area contributed by atoms with Crippen LogP contribution in [0, 0.1) is 5.41 Å². The Labute approximate surface area is 185 Å². The highest BCUT2D eigenvalue weighted by Gasteiger charge is 2.36. The molecule has 0 bridgehead atoms. The van der Waals surface area contributed by atoms with Crippen LogP contribution in [0.2, 0.25) is 0 Å². The number of anilines is 1. The number of halogens is 1. The largest absolute Gasteiger partial charge is 0.492 e. The number of nitrogens with one attached hydrogen (secondary N) is 3. The molecule has 0 radical (unpaired) electrons. The summed E-state index contributed by atoms with van der Waals surface area (Å²) in [7, 11) is 3.53. The normalized spacial score (nSPS) is 15.0. The molecule has 1 aliphatic carbocycles. The van der Waals surface area contributed by atoms with E-state index in [4.69, 9.17) is 9.47 Å². The summed E-state index contributed by atoms with van der Waals surface area (Å²) in [6.07, 6.45) is 4.87. The molecule has 1 saturated carbocycles. The van der Waals surface area contributed by atoms with Crippen molar-refractivity contribution in [2.45, 2.75) is 32.6 Å². The van der Waals surface area contributed by atoms with Gasteiger partial charge in [0.15, 0.2) is 5.96 Å². The Hall–Kier alpha value is -1.55. The second-order valence-electron chi connectivity index (χ2n) is 7.01. The zero-order chi connectivity index (χ0) is 19.5. The van der Waals surface area contributed by atoms with Gasteiger partial charge in [0.05, 0.1) is 6.54 Å². The highest BCUT2D eigenvalue weighted by Crippen LogP contribution is 2.43. The summed E-state index contributed by atoms with van der Waals surface area (Å²) in [6, 6.07) is 7.36. The van der Waals surface area contributed by atoms with E-state index < -0.39 is 0 Å². The molecule has 0 spiro atoms. The van der Waals surface area contributed by atoms with Crippen LogP contribution in [0.5, 0.6) is 5.75 Å². The van der Waals surface area contributed by atoms with Gasteiger partial charge in [0.2, 0.25) is 5.91 Å². The Morgan fingerprint density at radius 1 is 1.25 bits per heavy atom. The first-order valence-electron chi connectivity index (χ1n) is 9.51. The number of hydrogen-bond acceptors (Lipinski definition) is 4. The number of carbonyl (C=O) groups excluding carboxylic acids is 1. The van der Waals surface area contributed by atoms with Gasteiger partial charge in [-0.3, -0.25) is 9.79 Å². The third-order valence-corrected chi connectivity index (χ3v) is 4.92. The van der Waals surface area contributed by atoms with E-state index in [1.807, 2.05) is 24.3 Å². The molecule has 1 amide bonds. The number of carbonyl (C=O) groups is 1. The van der Waals surface area contributed by atoms with Crippen LogP contribution in [0.3, 0.4) is 0 Å². The van der Waals surface area contributed by atoms with Crippen molar-refractivity contribution in [1.29, 1.82) is 0 Å². The van der Waals surface area contributed by atoms with Crippen LogP contribution in [-0.4, -0.2) is 52.3 Å². The van der Waals surface area contributed by atoms with Gasteiger partial charge < -0.3 is 25.4 Å². The topological polar surface area (TPSA) is 84.0 Å². The number of methoxy groups -OCH3 is 1. The average Bonchev–Trinajstić information content (AvgIpc) is 2.62. The standard InChI is InChI=1S/C20H32N4O3.HI/c1-16(25)24-17-6-4-7-18(14-17)27-13-11-22-19(21-2)23-15-20(8-5-9-20)10-12-26-3;/h4,6-7,14H,5,8-13,15H2,1-3H3,(H,24,25)(H2,21,22,23);1H. The zero-order valence-electron chi connectivity index (χ0n) is 17.0. The minimum Gasteiger partial charge on any atom is -0.492 e. The van der Waals surface area contributed by atoms with Crippen molar-refractivity contribution < 1.29 is 14.3 Å². The van der Waals surface area contributed by atoms with Gasteiger partial charge in [-0.2, -0.15) is 0 Å². The predicted molar refractivity (Wildman–Crippen MR) is 124 cm³/mol. The lowest BCUT2D eigenvalue weighted by Gasteiger charge is -2.42. The van der Waals surface area contributed by atoms with Crippen molar-refractivity contribution in [3.8, 4) is 5.75 Å². The molecule has 0 atom stereocenters. The highest BCUT2D eigenvalue weighted by atomic mass is 127. The van der Waals surface area contributed by atoms with E-state index in [1.165, 1.54) is 26.2 Å². The first-order chi connectivity index (χ1) is 13.1. The van der Waals surface area contributed by atoms with Crippen LogP contribution in [0.25, 0.3) is 0 Å². The average molecular weight is 504 g/mol. The monoisotopic (exact) mass is 504 g/mol. The van der Waals surface area contributed by atoms with Crippen LogP contribution >= 0.6 is 24.0 Å². The molecular weight excluding hydrogens is 471 g/mol. The van der Waals surface area contributed by atoms with Crippen LogP contribution < -0.4 is 20.7 Å². The molecule has 28 heavy (non-hydrogen) atoms. The maximum absolute atomic E-state index is 11.1. The summed E-state index contributed by atoms with van der Waals surface area (Å²) in [4.78, 5) is 15.4. The molecule has 3 N–H and O–H groups in total. The molecule has 158 valence electrons. The number of hydrogen-bond donors (Lipinski definition) is 3. The molecule has 1 aromatic carbocycles. The Balaban J connectivity index is 0.00000392. The molecule has 0 unspecified atom stereocenters. The molecule has 1 aliphatic rings. The molecule has 1 aromatic rings. The van der Waals surface area contributed by atoms with Gasteiger partial charge in [0, 0.05) is 46.0 Å². The first-order valence-corrected chi connectivity index (χ1v) is 9.51. The highest BCUT2D eigenvalue weighted by molar-refractivity contribution is 14.0. The zero-order valence-corrected chi connectivity index (χ0v) is 19.4. The van der Waals surface area contributed by atoms with Gasteiger partial charge in [-0.05, 0) is 36.8 Å². The van der Waals surface area contributed by atoms with E-state index in [0.29, 0.717) is 18.6 Å². The molecular formula is C20H33IN4O3. The predicted octanol–water partition coefficient (Wildman–Crippen LogP) is 3.01. The van der Waals surface area contributed by atoms with Crippen molar-refractivity contribution in [2.24, 2.45) is 10.4 Å². The van der Waals surface area contributed by atoms with E-state index >= 15 is 0 Å². The van der Waals surface area contributed by atoms with Gasteiger partial charge in [0.25, 0.3) is 0 Å². The van der Waals surface area contributed by atoms with Crippen LogP contribution in [0.4, 0.5) is 5.69 Å². The minimum absolute atomic E-state index is 0. The molecule has 0 aliphatic heterocycles. The van der Waals surface area contributed by atoms with Crippen LogP contribution in [-0.2, 0) is 9.53 Å². The summed E-state index contributed by atoms with van der Waals surface area (Å²) >= 11 is 0. The van der Waals surface area contributed by atoms with Crippen LogP contribution in [0.1, 0.15) is 32.6 Å². The molecule has 1 fully saturated rings. The summed E-state index contributed by atoms with van der Waals surface area (Å²) in [5, 5.41) is 9.45. The van der Waals surface area contributed by atoms with E-state index in [0.717, 1.165) is 37.0 Å². The Morgan fingerprint density at radius 2 is 2.04 bits per heavy atom. The lowest BCUT2D eigenvalue weighted by molar-refractivity contribution is -0.114. The molecule has 7 nitrogen and oxygen atoms in total.